The topological polar surface area (TPSA) is 71.8 Å². The maximum Gasteiger partial charge on any atom is 0.265 e. The first-order valence-electron chi connectivity index (χ1n) is 11.1. The standard InChI is InChI=1S/C12H20Cl3NO2.C10H20O2/c1-5-9-7(3)6(2)8(4)10(17-9)18-11(16)12(13,14)15;1-5-9-7(3)6(2)8(4)10(11)12-9/h6-10,16H,5H2,1-4H3;6-11H,5H2,1-4H3/t6-,7-,8?,9?,10+;6-,7-,8?,9?,10?/m00/s1. The van der Waals surface area contributed by atoms with Gasteiger partial charge in [-0.05, 0) is 36.5 Å². The van der Waals surface area contributed by atoms with Gasteiger partial charge < -0.3 is 19.3 Å². The van der Waals surface area contributed by atoms with Gasteiger partial charge in [0.15, 0.2) is 6.29 Å². The molecule has 8 heteroatoms. The molecular weight excluding hydrogens is 449 g/mol. The van der Waals surface area contributed by atoms with Gasteiger partial charge in [0.2, 0.25) is 12.2 Å². The van der Waals surface area contributed by atoms with Crippen LogP contribution in [0, 0.1) is 40.9 Å². The van der Waals surface area contributed by atoms with E-state index in [0.29, 0.717) is 23.7 Å². The van der Waals surface area contributed by atoms with Crippen molar-refractivity contribution < 1.29 is 19.3 Å². The molecule has 30 heavy (non-hydrogen) atoms. The van der Waals surface area contributed by atoms with Crippen LogP contribution in [0.4, 0.5) is 0 Å². The van der Waals surface area contributed by atoms with Gasteiger partial charge in [0.25, 0.3) is 3.79 Å². The monoisotopic (exact) mass is 487 g/mol. The number of ether oxygens (including phenoxy) is 3. The maximum absolute atomic E-state index is 9.55. The third-order valence-corrected chi connectivity index (χ3v) is 7.80. The normalized spacial score (nSPS) is 42.1. The summed E-state index contributed by atoms with van der Waals surface area (Å²) in [4.78, 5) is 0. The van der Waals surface area contributed by atoms with E-state index in [2.05, 4.69) is 48.5 Å². The van der Waals surface area contributed by atoms with Crippen molar-refractivity contribution in [2.24, 2.45) is 35.5 Å². The van der Waals surface area contributed by atoms with E-state index in [4.69, 9.17) is 54.4 Å². The lowest BCUT2D eigenvalue weighted by molar-refractivity contribution is -0.224. The van der Waals surface area contributed by atoms with Gasteiger partial charge in [0.05, 0.1) is 12.2 Å². The van der Waals surface area contributed by atoms with Gasteiger partial charge in [-0.1, -0.05) is 90.2 Å². The highest BCUT2D eigenvalue weighted by Gasteiger charge is 2.42. The molecule has 178 valence electrons. The second-order valence-electron chi connectivity index (χ2n) is 9.02. The van der Waals surface area contributed by atoms with Crippen LogP contribution in [0.5, 0.6) is 0 Å². The molecule has 0 spiro atoms. The number of aliphatic hydroxyl groups is 1. The Morgan fingerprint density at radius 2 is 1.23 bits per heavy atom. The van der Waals surface area contributed by atoms with Gasteiger partial charge in [-0.3, -0.25) is 5.41 Å². The summed E-state index contributed by atoms with van der Waals surface area (Å²) in [5.41, 5.74) is 0. The van der Waals surface area contributed by atoms with Gasteiger partial charge in [0.1, 0.15) is 0 Å². The molecule has 0 radical (unpaired) electrons. The molecule has 2 aliphatic rings. The number of halogens is 3. The molecule has 10 atom stereocenters. The summed E-state index contributed by atoms with van der Waals surface area (Å²) in [5, 5.41) is 17.2. The summed E-state index contributed by atoms with van der Waals surface area (Å²) >= 11 is 16.8. The van der Waals surface area contributed by atoms with Crippen LogP contribution in [-0.4, -0.2) is 39.6 Å². The fourth-order valence-corrected chi connectivity index (χ4v) is 4.38. The summed E-state index contributed by atoms with van der Waals surface area (Å²) in [6.45, 7) is 17.0. The second kappa shape index (κ2) is 11.9. The number of aliphatic hydroxyl groups excluding tert-OH is 1. The maximum atomic E-state index is 9.55. The van der Waals surface area contributed by atoms with E-state index < -0.39 is 16.4 Å². The van der Waals surface area contributed by atoms with Gasteiger partial charge in [-0.15, -0.1) is 0 Å². The van der Waals surface area contributed by atoms with Crippen molar-refractivity contribution in [1.29, 1.82) is 5.41 Å². The number of hydrogen-bond donors (Lipinski definition) is 2. The van der Waals surface area contributed by atoms with Crippen molar-refractivity contribution in [3.05, 3.63) is 0 Å². The molecule has 0 amide bonds. The highest BCUT2D eigenvalue weighted by atomic mass is 35.6. The molecule has 2 heterocycles. The Morgan fingerprint density at radius 3 is 1.67 bits per heavy atom. The molecule has 2 N–H and O–H groups in total. The Morgan fingerprint density at radius 1 is 0.800 bits per heavy atom. The number of nitrogens with one attached hydrogen (secondary N) is 1. The highest BCUT2D eigenvalue weighted by molar-refractivity contribution is 6.76. The van der Waals surface area contributed by atoms with Gasteiger partial charge in [0, 0.05) is 11.8 Å². The fourth-order valence-electron chi connectivity index (χ4n) is 4.24. The first kappa shape index (κ1) is 28.3. The summed E-state index contributed by atoms with van der Waals surface area (Å²) in [6.07, 6.45) is 1.18. The molecule has 5 unspecified atom stereocenters. The van der Waals surface area contributed by atoms with Crippen molar-refractivity contribution in [3.63, 3.8) is 0 Å². The van der Waals surface area contributed by atoms with Crippen molar-refractivity contribution in [1.82, 2.24) is 0 Å². The number of alkyl halides is 3. The van der Waals surface area contributed by atoms with Crippen LogP contribution in [0.2, 0.25) is 0 Å². The molecule has 2 saturated heterocycles. The Hall–Kier alpha value is 0.220. The minimum atomic E-state index is -1.84. The lowest BCUT2D eigenvalue weighted by Gasteiger charge is -2.43. The molecule has 0 saturated carbocycles. The zero-order valence-corrected chi connectivity index (χ0v) is 21.8. The number of hydrogen-bond acceptors (Lipinski definition) is 5. The van der Waals surface area contributed by atoms with Crippen LogP contribution in [-0.2, 0) is 14.2 Å². The van der Waals surface area contributed by atoms with Crippen LogP contribution in [0.3, 0.4) is 0 Å². The van der Waals surface area contributed by atoms with E-state index in [9.17, 15) is 5.11 Å². The van der Waals surface area contributed by atoms with Gasteiger partial charge in [-0.2, -0.15) is 0 Å². The number of rotatable bonds is 3. The van der Waals surface area contributed by atoms with Crippen LogP contribution in [0.25, 0.3) is 0 Å². The Labute approximate surface area is 197 Å². The van der Waals surface area contributed by atoms with E-state index in [1.54, 1.807) is 0 Å². The lowest BCUT2D eigenvalue weighted by atomic mass is 9.78. The molecule has 0 aromatic carbocycles. The van der Waals surface area contributed by atoms with Crippen molar-refractivity contribution in [2.75, 3.05) is 0 Å². The van der Waals surface area contributed by atoms with E-state index in [1.807, 2.05) is 6.92 Å². The zero-order chi connectivity index (χ0) is 23.4. The Bertz CT molecular complexity index is 538. The van der Waals surface area contributed by atoms with Crippen molar-refractivity contribution in [2.45, 2.75) is 96.8 Å². The molecule has 2 aliphatic heterocycles. The largest absolute Gasteiger partial charge is 0.448 e. The highest BCUT2D eigenvalue weighted by Crippen LogP contribution is 2.38. The van der Waals surface area contributed by atoms with Crippen LogP contribution in [0.15, 0.2) is 0 Å². The van der Waals surface area contributed by atoms with E-state index in [1.165, 1.54) is 0 Å². The fraction of sp³-hybridized carbons (Fsp3) is 0.955. The van der Waals surface area contributed by atoms with Gasteiger partial charge in [-0.25, -0.2) is 0 Å². The summed E-state index contributed by atoms with van der Waals surface area (Å²) in [7, 11) is 0. The molecule has 2 fully saturated rings. The average Bonchev–Trinajstić information content (AvgIpc) is 2.69. The first-order valence-corrected chi connectivity index (χ1v) is 12.2. The first-order chi connectivity index (χ1) is 13.8. The van der Waals surface area contributed by atoms with Crippen LogP contribution in [0.1, 0.15) is 68.2 Å². The minimum Gasteiger partial charge on any atom is -0.448 e. The predicted octanol–water partition coefficient (Wildman–Crippen LogP) is 6.42. The van der Waals surface area contributed by atoms with Crippen molar-refractivity contribution >= 4 is 40.7 Å². The third kappa shape index (κ3) is 7.11. The van der Waals surface area contributed by atoms with E-state index in [0.717, 1.165) is 12.8 Å². The Kier molecular flexibility index (Phi) is 11.2. The molecular formula is C22H40Cl3NO4. The third-order valence-electron chi connectivity index (χ3n) is 7.29. The average molecular weight is 489 g/mol. The molecule has 2 rings (SSSR count). The molecule has 0 aliphatic carbocycles. The summed E-state index contributed by atoms with van der Waals surface area (Å²) in [5.74, 6) is 2.02. The second-order valence-corrected chi connectivity index (χ2v) is 11.3. The van der Waals surface area contributed by atoms with Crippen LogP contribution < -0.4 is 0 Å². The summed E-state index contributed by atoms with van der Waals surface area (Å²) < 4.78 is 14.9. The molecule has 0 aromatic rings. The quantitative estimate of drug-likeness (QED) is 0.273. The van der Waals surface area contributed by atoms with Crippen LogP contribution >= 0.6 is 34.8 Å². The summed E-state index contributed by atoms with van der Waals surface area (Å²) in [6, 6.07) is 0. The minimum absolute atomic E-state index is 0.115. The smallest absolute Gasteiger partial charge is 0.265 e. The zero-order valence-electron chi connectivity index (χ0n) is 19.5. The molecule has 0 aromatic heterocycles. The Balaban J connectivity index is 0.000000325. The van der Waals surface area contributed by atoms with Crippen molar-refractivity contribution in [3.8, 4) is 0 Å². The molecule has 0 bridgehead atoms. The van der Waals surface area contributed by atoms with E-state index >= 15 is 0 Å². The molecule has 5 nitrogen and oxygen atoms in total. The van der Waals surface area contributed by atoms with Gasteiger partial charge >= 0.3 is 0 Å². The predicted molar refractivity (Wildman–Crippen MR) is 124 cm³/mol. The SMILES string of the molecule is CCC1OC(O)C(C)[C@@H](C)[C@@H]1C.CCC1O[C@H](OC(=N)C(Cl)(Cl)Cl)C(C)[C@@H](C)[C@@H]1C. The lowest BCUT2D eigenvalue weighted by Crippen LogP contribution is -2.47. The van der Waals surface area contributed by atoms with E-state index in [-0.39, 0.29) is 29.9 Å².